The van der Waals surface area contributed by atoms with Crippen LogP contribution in [0, 0.1) is 23.7 Å². The summed E-state index contributed by atoms with van der Waals surface area (Å²) in [4.78, 5) is 24.5. The average molecular weight is 362 g/mol. The van der Waals surface area contributed by atoms with Gasteiger partial charge in [-0.05, 0) is 62.6 Å². The first-order chi connectivity index (χ1) is 11.9. The van der Waals surface area contributed by atoms with Gasteiger partial charge in [-0.1, -0.05) is 34.9 Å². The maximum Gasteiger partial charge on any atom is 0.307 e. The number of benzene rings is 1. The van der Waals surface area contributed by atoms with Gasteiger partial charge in [0.1, 0.15) is 0 Å². The summed E-state index contributed by atoms with van der Waals surface area (Å²) in [7, 11) is 0. The first-order valence-electron chi connectivity index (χ1n) is 8.82. The first kappa shape index (κ1) is 18.0. The molecule has 5 heteroatoms. The van der Waals surface area contributed by atoms with Crippen LogP contribution in [0.3, 0.4) is 0 Å². The number of hydrogen-bond donors (Lipinski definition) is 2. The highest BCUT2D eigenvalue weighted by molar-refractivity contribution is 6.30. The summed E-state index contributed by atoms with van der Waals surface area (Å²) in [6.45, 7) is 4.54. The lowest BCUT2D eigenvalue weighted by Crippen LogP contribution is -2.41. The number of fused-ring (bicyclic) bond motifs is 2. The summed E-state index contributed by atoms with van der Waals surface area (Å²) in [5.41, 5.74) is 3.44. The fraction of sp³-hybridized carbons (Fsp3) is 0.500. The lowest BCUT2D eigenvalue weighted by molar-refractivity contribution is -0.149. The maximum atomic E-state index is 12.8. The Morgan fingerprint density at radius 1 is 1.20 bits per heavy atom. The predicted molar refractivity (Wildman–Crippen MR) is 97.4 cm³/mol. The van der Waals surface area contributed by atoms with Gasteiger partial charge in [0.15, 0.2) is 0 Å². The minimum Gasteiger partial charge on any atom is -0.481 e. The number of hydrogen-bond acceptors (Lipinski definition) is 2. The number of amides is 1. The van der Waals surface area contributed by atoms with Gasteiger partial charge in [0.25, 0.3) is 0 Å². The fourth-order valence-electron chi connectivity index (χ4n) is 4.75. The molecular weight excluding hydrogens is 338 g/mol. The van der Waals surface area contributed by atoms with Gasteiger partial charge in [0, 0.05) is 11.6 Å². The summed E-state index contributed by atoms with van der Waals surface area (Å²) in [6.07, 6.45) is 2.48. The molecule has 4 atom stereocenters. The molecule has 2 N–H and O–H groups in total. The molecule has 2 saturated carbocycles. The molecule has 2 fully saturated rings. The van der Waals surface area contributed by atoms with Crippen LogP contribution in [0.4, 0.5) is 0 Å². The number of carboxylic acid groups (broad SMARTS) is 1. The molecule has 1 aromatic carbocycles. The summed E-state index contributed by atoms with van der Waals surface area (Å²) >= 11 is 5.97. The monoisotopic (exact) mass is 361 g/mol. The Labute approximate surface area is 153 Å². The molecule has 4 nitrogen and oxygen atoms in total. The van der Waals surface area contributed by atoms with E-state index in [4.69, 9.17) is 11.6 Å². The second kappa shape index (κ2) is 7.20. The number of halogens is 1. The molecule has 1 amide bonds. The molecular formula is C20H24ClNO3. The number of carboxylic acids is 1. The normalized spacial score (nSPS) is 27.4. The summed E-state index contributed by atoms with van der Waals surface area (Å²) in [5.74, 6) is -1.89. The van der Waals surface area contributed by atoms with Gasteiger partial charge in [-0.2, -0.15) is 0 Å². The average Bonchev–Trinajstić information content (AvgIpc) is 3.10. The second-order valence-corrected chi connectivity index (χ2v) is 7.74. The van der Waals surface area contributed by atoms with Crippen LogP contribution in [-0.2, 0) is 16.0 Å². The van der Waals surface area contributed by atoms with Crippen LogP contribution in [0.5, 0.6) is 0 Å². The van der Waals surface area contributed by atoms with Crippen molar-refractivity contribution < 1.29 is 14.7 Å². The van der Waals surface area contributed by atoms with Crippen molar-refractivity contribution in [2.24, 2.45) is 23.7 Å². The third-order valence-electron chi connectivity index (χ3n) is 5.61. The van der Waals surface area contributed by atoms with Crippen molar-refractivity contribution in [2.75, 3.05) is 6.54 Å². The zero-order valence-corrected chi connectivity index (χ0v) is 15.3. The number of allylic oxidation sites excluding steroid dienone is 2. The molecule has 3 rings (SSSR count). The van der Waals surface area contributed by atoms with Crippen molar-refractivity contribution in [3.8, 4) is 0 Å². The van der Waals surface area contributed by atoms with Crippen LogP contribution in [0.25, 0.3) is 0 Å². The number of carbonyl (C=O) groups excluding carboxylic acids is 1. The van der Waals surface area contributed by atoms with Crippen molar-refractivity contribution in [1.82, 2.24) is 5.32 Å². The van der Waals surface area contributed by atoms with Crippen LogP contribution in [0.1, 0.15) is 32.3 Å². The number of carbonyl (C=O) groups is 2. The third-order valence-corrected chi connectivity index (χ3v) is 5.84. The Hall–Kier alpha value is -1.81. The van der Waals surface area contributed by atoms with Gasteiger partial charge in [0.05, 0.1) is 11.8 Å². The highest BCUT2D eigenvalue weighted by atomic mass is 35.5. The first-order valence-corrected chi connectivity index (χ1v) is 9.20. The van der Waals surface area contributed by atoms with E-state index in [1.165, 1.54) is 11.1 Å². The van der Waals surface area contributed by atoms with Crippen molar-refractivity contribution in [3.05, 3.63) is 46.0 Å². The molecule has 2 aliphatic carbocycles. The molecule has 25 heavy (non-hydrogen) atoms. The largest absolute Gasteiger partial charge is 0.481 e. The van der Waals surface area contributed by atoms with E-state index in [9.17, 15) is 14.7 Å². The van der Waals surface area contributed by atoms with Gasteiger partial charge < -0.3 is 10.4 Å². The number of rotatable bonds is 5. The topological polar surface area (TPSA) is 66.4 Å². The maximum absolute atomic E-state index is 12.8. The molecule has 2 aliphatic rings. The standard InChI is InChI=1S/C20H24ClNO3/c1-11(2)16-14-6-7-15(16)18(20(24)25)17(14)19(23)22-9-8-12-4-3-5-13(21)10-12/h3-5,10,14-15,17-18H,6-9H2,1-2H3,(H,22,23)(H,24,25)/t14-,15-,17-,18-/m1/s1. The minimum atomic E-state index is -0.846. The summed E-state index contributed by atoms with van der Waals surface area (Å²) in [6, 6.07) is 7.55. The molecule has 0 saturated heterocycles. The zero-order chi connectivity index (χ0) is 18.1. The van der Waals surface area contributed by atoms with E-state index in [2.05, 4.69) is 5.32 Å². The molecule has 0 aliphatic heterocycles. The van der Waals surface area contributed by atoms with Gasteiger partial charge in [-0.3, -0.25) is 9.59 Å². The van der Waals surface area contributed by atoms with E-state index < -0.39 is 17.8 Å². The van der Waals surface area contributed by atoms with E-state index in [0.29, 0.717) is 18.0 Å². The molecule has 0 spiro atoms. The smallest absolute Gasteiger partial charge is 0.307 e. The van der Waals surface area contributed by atoms with Crippen molar-refractivity contribution in [3.63, 3.8) is 0 Å². The Morgan fingerprint density at radius 3 is 2.48 bits per heavy atom. The molecule has 134 valence electrons. The zero-order valence-electron chi connectivity index (χ0n) is 14.6. The summed E-state index contributed by atoms with van der Waals surface area (Å²) in [5, 5.41) is 13.3. The molecule has 0 heterocycles. The Kier molecular flexibility index (Phi) is 5.19. The van der Waals surface area contributed by atoms with E-state index >= 15 is 0 Å². The van der Waals surface area contributed by atoms with Crippen molar-refractivity contribution in [1.29, 1.82) is 0 Å². The second-order valence-electron chi connectivity index (χ2n) is 7.31. The Morgan fingerprint density at radius 2 is 1.88 bits per heavy atom. The van der Waals surface area contributed by atoms with Crippen LogP contribution >= 0.6 is 11.6 Å². The van der Waals surface area contributed by atoms with E-state index in [0.717, 1.165) is 18.4 Å². The van der Waals surface area contributed by atoms with Crippen molar-refractivity contribution >= 4 is 23.5 Å². The van der Waals surface area contributed by atoms with E-state index in [-0.39, 0.29) is 17.7 Å². The highest BCUT2D eigenvalue weighted by Crippen LogP contribution is 2.57. The molecule has 1 aromatic rings. The van der Waals surface area contributed by atoms with E-state index in [1.54, 1.807) is 0 Å². The quantitative estimate of drug-likeness (QED) is 0.786. The number of aliphatic carboxylic acids is 1. The predicted octanol–water partition coefficient (Wildman–Crippen LogP) is 3.69. The van der Waals surface area contributed by atoms with Crippen LogP contribution in [0.15, 0.2) is 35.4 Å². The van der Waals surface area contributed by atoms with Gasteiger partial charge in [-0.25, -0.2) is 0 Å². The fourth-order valence-corrected chi connectivity index (χ4v) is 4.96. The van der Waals surface area contributed by atoms with Gasteiger partial charge in [0.2, 0.25) is 5.91 Å². The van der Waals surface area contributed by atoms with Crippen LogP contribution in [0.2, 0.25) is 5.02 Å². The van der Waals surface area contributed by atoms with Gasteiger partial charge in [-0.15, -0.1) is 0 Å². The van der Waals surface area contributed by atoms with Crippen LogP contribution in [-0.4, -0.2) is 23.5 Å². The third kappa shape index (κ3) is 3.45. The highest BCUT2D eigenvalue weighted by Gasteiger charge is 2.57. The lowest BCUT2D eigenvalue weighted by atomic mass is 9.78. The molecule has 0 aromatic heterocycles. The molecule has 0 unspecified atom stereocenters. The summed E-state index contributed by atoms with van der Waals surface area (Å²) < 4.78 is 0. The molecule has 0 radical (unpaired) electrons. The Balaban J connectivity index is 1.68. The van der Waals surface area contributed by atoms with Gasteiger partial charge >= 0.3 is 5.97 Å². The number of nitrogens with one attached hydrogen (secondary N) is 1. The van der Waals surface area contributed by atoms with Crippen molar-refractivity contribution in [2.45, 2.75) is 33.1 Å². The molecule has 2 bridgehead atoms. The lowest BCUT2D eigenvalue weighted by Gasteiger charge is -2.26. The van der Waals surface area contributed by atoms with Crippen LogP contribution < -0.4 is 5.32 Å². The SMILES string of the molecule is CC(C)=C1[C@H]2CC[C@H]1[C@@H](C(=O)NCCc1cccc(Cl)c1)[C@@H]2C(=O)O. The Bertz CT molecular complexity index is 723. The minimum absolute atomic E-state index is 0.0242. The van der Waals surface area contributed by atoms with E-state index in [1.807, 2.05) is 38.1 Å².